The van der Waals surface area contributed by atoms with Gasteiger partial charge in [0.2, 0.25) is 47.3 Å². The lowest BCUT2D eigenvalue weighted by molar-refractivity contribution is -0.172. The van der Waals surface area contributed by atoms with E-state index in [0.29, 0.717) is 62.3 Å². The van der Waals surface area contributed by atoms with Crippen LogP contribution in [0.2, 0.25) is 0 Å². The molecule has 1 aliphatic carbocycles. The van der Waals surface area contributed by atoms with Crippen molar-refractivity contribution in [1.82, 2.24) is 51.7 Å². The van der Waals surface area contributed by atoms with Crippen LogP contribution in [-0.2, 0) is 92.1 Å². The van der Waals surface area contributed by atoms with Crippen molar-refractivity contribution in [3.8, 4) is 11.4 Å². The van der Waals surface area contributed by atoms with Crippen molar-refractivity contribution < 1.29 is 86.7 Å². The summed E-state index contributed by atoms with van der Waals surface area (Å²) in [5, 5.41) is 51.0. The standard InChI is InChI=1S/C59H74FN11O18/c1-8-59(86)32-17-37-49-30(21-70(37)55(83)31(32)23-88-57(59)85)47-34(10-9-29-27(4)33(60)18-36(67-49)46(29)47)68-56(84)58(6,7)24-87-25-64-52(80)28(5)65-54(82)48(26(2)3)69-53(81)35(66-42(74)15-16-62-43(75)22-71-44(76)13-14-45(71)77)11-12-41(73)63-20-39-51(79)50(78)38(89-39)19-40(61)72/h13-14,17-18,26,28,34-35,38-39,48,50-51,78-79,86H,8-12,15-16,19-25H2,1-7H3,(H2,61,72)(H,62,75)(H,63,73)(H,64,80)(H,65,82)(H,66,74)(H,68,84)(H,69,81)/t28-,34-,35-,38-,39+,48-,50-,51+,59-/m0/s1. The van der Waals surface area contributed by atoms with E-state index in [0.717, 1.165) is 12.2 Å². The number of benzene rings is 1. The number of aromatic nitrogens is 2. The summed E-state index contributed by atoms with van der Waals surface area (Å²) in [6.45, 7) is 8.87. The maximum absolute atomic E-state index is 15.5. The molecular formula is C59H74FN11O18. The molecule has 8 rings (SSSR count). The lowest BCUT2D eigenvalue weighted by Gasteiger charge is -2.32. The number of esters is 1. The molecule has 5 aliphatic rings. The predicted octanol–water partition coefficient (Wildman–Crippen LogP) is -2.43. The molecule has 2 aromatic heterocycles. The molecule has 3 aromatic rings. The highest BCUT2D eigenvalue weighted by atomic mass is 19.1. The molecule has 1 fully saturated rings. The highest BCUT2D eigenvalue weighted by Gasteiger charge is 2.47. The molecule has 89 heavy (non-hydrogen) atoms. The molecule has 29 nitrogen and oxygen atoms in total. The van der Waals surface area contributed by atoms with Gasteiger partial charge in [-0.3, -0.25) is 57.6 Å². The predicted molar refractivity (Wildman–Crippen MR) is 308 cm³/mol. The Balaban J connectivity index is 0.862. The van der Waals surface area contributed by atoms with Crippen LogP contribution in [0.5, 0.6) is 0 Å². The highest BCUT2D eigenvalue weighted by molar-refractivity contribution is 6.14. The summed E-state index contributed by atoms with van der Waals surface area (Å²) in [5.74, 6) is -9.33. The molecule has 9 atom stereocenters. The molecule has 4 aliphatic heterocycles. The number of amides is 10. The summed E-state index contributed by atoms with van der Waals surface area (Å²) in [6.07, 6.45) is -4.16. The Morgan fingerprint density at radius 2 is 1.57 bits per heavy atom. The first-order valence-corrected chi connectivity index (χ1v) is 29.2. The number of aliphatic hydroxyl groups excluding tert-OH is 2. The van der Waals surface area contributed by atoms with E-state index in [9.17, 15) is 72.9 Å². The van der Waals surface area contributed by atoms with E-state index in [1.54, 1.807) is 47.6 Å². The van der Waals surface area contributed by atoms with E-state index in [1.165, 1.54) is 17.6 Å². The fraction of sp³-hybridized carbons (Fsp3) is 0.542. The number of ether oxygens (including phenoxy) is 3. The van der Waals surface area contributed by atoms with Crippen molar-refractivity contribution in [3.63, 3.8) is 0 Å². The van der Waals surface area contributed by atoms with Crippen LogP contribution < -0.4 is 48.5 Å². The number of cyclic esters (lactones) is 1. The average molecular weight is 1240 g/mol. The van der Waals surface area contributed by atoms with Gasteiger partial charge in [0, 0.05) is 60.7 Å². The van der Waals surface area contributed by atoms with Gasteiger partial charge in [-0.25, -0.2) is 14.2 Å². The van der Waals surface area contributed by atoms with Gasteiger partial charge in [0.1, 0.15) is 62.1 Å². The van der Waals surface area contributed by atoms with E-state index < -0.39 is 174 Å². The smallest absolute Gasteiger partial charge is 0.343 e. The van der Waals surface area contributed by atoms with E-state index in [4.69, 9.17) is 24.9 Å². The highest BCUT2D eigenvalue weighted by Crippen LogP contribution is 2.46. The fourth-order valence-electron chi connectivity index (χ4n) is 11.4. The lowest BCUT2D eigenvalue weighted by Crippen LogP contribution is -2.58. The van der Waals surface area contributed by atoms with E-state index in [1.807, 2.05) is 0 Å². The maximum Gasteiger partial charge on any atom is 0.343 e. The summed E-state index contributed by atoms with van der Waals surface area (Å²) in [4.78, 5) is 162. The van der Waals surface area contributed by atoms with Crippen molar-refractivity contribution in [2.45, 2.75) is 161 Å². The van der Waals surface area contributed by atoms with E-state index in [-0.39, 0.29) is 56.8 Å². The number of nitrogens with zero attached hydrogens (tertiary/aromatic N) is 3. The minimum Gasteiger partial charge on any atom is -0.458 e. The van der Waals surface area contributed by atoms with Crippen molar-refractivity contribution in [3.05, 3.63) is 73.8 Å². The summed E-state index contributed by atoms with van der Waals surface area (Å²) < 4.78 is 33.5. The third-order valence-electron chi connectivity index (χ3n) is 16.7. The molecule has 0 unspecified atom stereocenters. The first-order valence-electron chi connectivity index (χ1n) is 29.2. The van der Waals surface area contributed by atoms with Crippen LogP contribution in [0, 0.1) is 24.1 Å². The molecule has 0 saturated carbocycles. The Morgan fingerprint density at radius 3 is 2.25 bits per heavy atom. The molecule has 0 bridgehead atoms. The Kier molecular flexibility index (Phi) is 20.2. The zero-order chi connectivity index (χ0) is 65.1. The first-order chi connectivity index (χ1) is 41.9. The first kappa shape index (κ1) is 66.4. The summed E-state index contributed by atoms with van der Waals surface area (Å²) >= 11 is 0. The number of carbonyl (C=O) groups is 11. The van der Waals surface area contributed by atoms with Gasteiger partial charge < -0.3 is 77.0 Å². The molecule has 1 aromatic carbocycles. The van der Waals surface area contributed by atoms with Gasteiger partial charge in [-0.2, -0.15) is 0 Å². The number of pyridine rings is 2. The van der Waals surface area contributed by atoms with E-state index >= 15 is 4.39 Å². The molecule has 480 valence electrons. The van der Waals surface area contributed by atoms with Gasteiger partial charge in [0.15, 0.2) is 5.60 Å². The molecule has 1 saturated heterocycles. The molecule has 10 amide bonds. The third kappa shape index (κ3) is 14.1. The largest absolute Gasteiger partial charge is 0.458 e. The second kappa shape index (κ2) is 27.0. The number of rotatable bonds is 26. The van der Waals surface area contributed by atoms with Gasteiger partial charge in [0.05, 0.1) is 59.6 Å². The number of nitrogens with two attached hydrogens (primary N) is 1. The molecule has 0 spiro atoms. The van der Waals surface area contributed by atoms with Crippen LogP contribution in [0.1, 0.15) is 119 Å². The number of aryl methyl sites for hydroxylation is 1. The van der Waals surface area contributed by atoms with Crippen molar-refractivity contribution in [2.75, 3.05) is 33.0 Å². The number of halogens is 1. The number of imide groups is 1. The SMILES string of the molecule is CC[C@@]1(O)C(=O)OCc2c1cc1n(c2=O)Cc2c-1nc1cc(F)c(C)c3c1c2[C@@H](NC(=O)C(C)(C)COCNC(=O)[C@H](C)NC(=O)[C@@H](NC(=O)[C@H](CCC(=O)NC[C@H]1O[C@@H](CC(N)=O)[C@H](O)[C@@H]1O)NC(=O)CCNC(=O)CN1C(=O)C=CC1=O)C(C)C)CC3. The molecule has 0 radical (unpaired) electrons. The Morgan fingerprint density at radius 1 is 0.876 bits per heavy atom. The van der Waals surface area contributed by atoms with Crippen LogP contribution in [0.15, 0.2) is 29.1 Å². The average Bonchev–Trinajstić information content (AvgIpc) is 1.65. The van der Waals surface area contributed by atoms with Crippen molar-refractivity contribution in [2.24, 2.45) is 17.1 Å². The zero-order valence-electron chi connectivity index (χ0n) is 50.2. The number of carbonyl (C=O) groups excluding carboxylic acids is 11. The van der Waals surface area contributed by atoms with Crippen molar-refractivity contribution in [1.29, 1.82) is 0 Å². The number of fused-ring (bicyclic) bond motifs is 5. The third-order valence-corrected chi connectivity index (χ3v) is 16.7. The molecular weight excluding hydrogens is 1170 g/mol. The quantitative estimate of drug-likeness (QED) is 0.0135. The second-order valence-electron chi connectivity index (χ2n) is 23.8. The summed E-state index contributed by atoms with van der Waals surface area (Å²) in [7, 11) is 0. The molecule has 12 N–H and O–H groups in total. The minimum atomic E-state index is -2.08. The Hall–Kier alpha value is -8.58. The van der Waals surface area contributed by atoms with Crippen LogP contribution >= 0.6 is 0 Å². The maximum atomic E-state index is 15.5. The van der Waals surface area contributed by atoms with Crippen LogP contribution in [0.25, 0.3) is 22.3 Å². The second-order valence-corrected chi connectivity index (χ2v) is 23.8. The van der Waals surface area contributed by atoms with Gasteiger partial charge in [0.25, 0.3) is 17.4 Å². The van der Waals surface area contributed by atoms with Crippen LogP contribution in [0.4, 0.5) is 4.39 Å². The summed E-state index contributed by atoms with van der Waals surface area (Å²) in [5.41, 5.74) is 4.96. The van der Waals surface area contributed by atoms with E-state index in [2.05, 4.69) is 37.2 Å². The normalized spacial score (nSPS) is 21.7. The van der Waals surface area contributed by atoms with Gasteiger partial charge in [-0.15, -0.1) is 0 Å². The molecule has 30 heteroatoms. The van der Waals surface area contributed by atoms with Gasteiger partial charge in [-0.1, -0.05) is 20.8 Å². The summed E-state index contributed by atoms with van der Waals surface area (Å²) in [6, 6.07) is -1.83. The number of hydrogen-bond acceptors (Lipinski definition) is 19. The monoisotopic (exact) mass is 1240 g/mol. The fourth-order valence-corrected chi connectivity index (χ4v) is 11.4. The van der Waals surface area contributed by atoms with Gasteiger partial charge >= 0.3 is 5.97 Å². The Labute approximate surface area is 508 Å². The Bertz CT molecular complexity index is 3500. The van der Waals surface area contributed by atoms with Gasteiger partial charge in [-0.05, 0) is 82.1 Å². The number of hydrogen-bond donors (Lipinski definition) is 11. The number of aliphatic hydroxyl groups is 3. The number of nitrogens with one attached hydrogen (secondary N) is 7. The van der Waals surface area contributed by atoms with Crippen LogP contribution in [-0.4, -0.2) is 170 Å². The topological polar surface area (TPSA) is 425 Å². The van der Waals surface area contributed by atoms with Crippen LogP contribution in [0.3, 0.4) is 0 Å². The molecule has 6 heterocycles. The zero-order valence-corrected chi connectivity index (χ0v) is 50.2. The van der Waals surface area contributed by atoms with Crippen molar-refractivity contribution >= 4 is 75.9 Å². The number of primary amides is 1. The minimum absolute atomic E-state index is 0.0299. The lowest BCUT2D eigenvalue weighted by atomic mass is 9.81.